The van der Waals surface area contributed by atoms with Crippen molar-refractivity contribution >= 4 is 6.03 Å². The maximum Gasteiger partial charge on any atom is 0.320 e. The summed E-state index contributed by atoms with van der Waals surface area (Å²) in [6.07, 6.45) is 1.06. The van der Waals surface area contributed by atoms with Crippen LogP contribution < -0.4 is 5.32 Å². The number of amides is 2. The Morgan fingerprint density at radius 2 is 2.21 bits per heavy atom. The Kier molecular flexibility index (Phi) is 3.46. The van der Waals surface area contributed by atoms with E-state index in [0.717, 1.165) is 6.08 Å². The molecule has 1 aliphatic heterocycles. The summed E-state index contributed by atoms with van der Waals surface area (Å²) in [6, 6.07) is -0.418. The summed E-state index contributed by atoms with van der Waals surface area (Å²) in [6.45, 7) is 6.55. The standard InChI is InChI=1S/C9H15FN2O2/c1-3-9(2,10)11-8(13)12-4-6-14-7-5-12/h3H,1,4-7H2,2H3,(H,11,13). The fourth-order valence-corrected chi connectivity index (χ4v) is 1.11. The fraction of sp³-hybridized carbons (Fsp3) is 0.667. The Balaban J connectivity index is 2.44. The van der Waals surface area contributed by atoms with Gasteiger partial charge in [-0.05, 0) is 13.0 Å². The minimum Gasteiger partial charge on any atom is -0.378 e. The van der Waals surface area contributed by atoms with Crippen LogP contribution in [0.5, 0.6) is 0 Å². The summed E-state index contributed by atoms with van der Waals surface area (Å²) in [5.74, 6) is -1.85. The number of halogens is 1. The van der Waals surface area contributed by atoms with Crippen LogP contribution in [0.25, 0.3) is 0 Å². The Hall–Kier alpha value is -1.10. The van der Waals surface area contributed by atoms with Gasteiger partial charge in [-0.2, -0.15) is 0 Å². The predicted molar refractivity (Wildman–Crippen MR) is 50.6 cm³/mol. The van der Waals surface area contributed by atoms with Crippen LogP contribution in [0.4, 0.5) is 9.18 Å². The van der Waals surface area contributed by atoms with Crippen LogP contribution in [0.2, 0.25) is 0 Å². The lowest BCUT2D eigenvalue weighted by Gasteiger charge is -2.29. The van der Waals surface area contributed by atoms with Crippen LogP contribution in [0.1, 0.15) is 6.92 Å². The van der Waals surface area contributed by atoms with Gasteiger partial charge >= 0.3 is 6.03 Å². The van der Waals surface area contributed by atoms with E-state index in [0.29, 0.717) is 26.3 Å². The van der Waals surface area contributed by atoms with Crippen LogP contribution in [0.3, 0.4) is 0 Å². The van der Waals surface area contributed by atoms with E-state index in [-0.39, 0.29) is 0 Å². The monoisotopic (exact) mass is 202 g/mol. The average Bonchev–Trinajstić information content (AvgIpc) is 2.19. The second kappa shape index (κ2) is 4.41. The molecule has 5 heteroatoms. The number of urea groups is 1. The Bertz CT molecular complexity index is 225. The number of nitrogens with zero attached hydrogens (tertiary/aromatic N) is 1. The molecule has 4 nitrogen and oxygen atoms in total. The number of ether oxygens (including phenoxy) is 1. The second-order valence-corrected chi connectivity index (χ2v) is 3.31. The number of nitrogens with one attached hydrogen (secondary N) is 1. The van der Waals surface area contributed by atoms with Crippen LogP contribution in [-0.2, 0) is 4.74 Å². The lowest BCUT2D eigenvalue weighted by molar-refractivity contribution is 0.0487. The molecule has 0 radical (unpaired) electrons. The van der Waals surface area contributed by atoms with Crippen LogP contribution in [-0.4, -0.2) is 43.0 Å². The van der Waals surface area contributed by atoms with E-state index < -0.39 is 11.8 Å². The third kappa shape index (κ3) is 2.99. The van der Waals surface area contributed by atoms with E-state index in [1.165, 1.54) is 11.8 Å². The average molecular weight is 202 g/mol. The number of rotatable bonds is 2. The van der Waals surface area contributed by atoms with Crippen LogP contribution >= 0.6 is 0 Å². The van der Waals surface area contributed by atoms with Gasteiger partial charge in [-0.25, -0.2) is 9.18 Å². The van der Waals surface area contributed by atoms with Gasteiger partial charge in [-0.1, -0.05) is 6.58 Å². The predicted octanol–water partition coefficient (Wildman–Crippen LogP) is 0.900. The maximum atomic E-state index is 13.3. The van der Waals surface area contributed by atoms with Gasteiger partial charge in [0.2, 0.25) is 0 Å². The summed E-state index contributed by atoms with van der Waals surface area (Å²) in [5, 5.41) is 2.22. The van der Waals surface area contributed by atoms with E-state index in [1.807, 2.05) is 0 Å². The molecular weight excluding hydrogens is 187 g/mol. The molecule has 80 valence electrons. The molecule has 1 aliphatic rings. The molecule has 0 aromatic heterocycles. The molecule has 0 saturated carbocycles. The summed E-state index contributed by atoms with van der Waals surface area (Å²) in [4.78, 5) is 13.0. The van der Waals surface area contributed by atoms with Crippen molar-refractivity contribution in [2.75, 3.05) is 26.3 Å². The van der Waals surface area contributed by atoms with E-state index in [2.05, 4.69) is 11.9 Å². The summed E-state index contributed by atoms with van der Waals surface area (Å²) < 4.78 is 18.4. The van der Waals surface area contributed by atoms with Crippen molar-refractivity contribution in [3.63, 3.8) is 0 Å². The molecule has 1 saturated heterocycles. The maximum absolute atomic E-state index is 13.3. The van der Waals surface area contributed by atoms with Crippen molar-refractivity contribution in [3.8, 4) is 0 Å². The zero-order valence-electron chi connectivity index (χ0n) is 8.25. The van der Waals surface area contributed by atoms with Crippen molar-refractivity contribution in [2.24, 2.45) is 0 Å². The van der Waals surface area contributed by atoms with Crippen molar-refractivity contribution < 1.29 is 13.9 Å². The minimum atomic E-state index is -1.85. The molecule has 0 spiro atoms. The van der Waals surface area contributed by atoms with E-state index in [1.54, 1.807) is 0 Å². The van der Waals surface area contributed by atoms with E-state index in [9.17, 15) is 9.18 Å². The number of carbonyl (C=O) groups excluding carboxylic acids is 1. The smallest absolute Gasteiger partial charge is 0.320 e. The zero-order chi connectivity index (χ0) is 10.6. The molecule has 1 rings (SSSR count). The molecule has 2 amide bonds. The summed E-state index contributed by atoms with van der Waals surface area (Å²) in [5.41, 5.74) is 0. The third-order valence-corrected chi connectivity index (χ3v) is 2.03. The molecule has 0 aromatic rings. The van der Waals surface area contributed by atoms with Gasteiger partial charge < -0.3 is 15.0 Å². The van der Waals surface area contributed by atoms with E-state index in [4.69, 9.17) is 4.74 Å². The van der Waals surface area contributed by atoms with Gasteiger partial charge in [0.15, 0.2) is 5.79 Å². The largest absolute Gasteiger partial charge is 0.378 e. The van der Waals surface area contributed by atoms with Gasteiger partial charge in [0, 0.05) is 13.1 Å². The highest BCUT2D eigenvalue weighted by Crippen LogP contribution is 2.07. The highest BCUT2D eigenvalue weighted by Gasteiger charge is 2.25. The van der Waals surface area contributed by atoms with Gasteiger partial charge in [0.1, 0.15) is 0 Å². The first-order chi connectivity index (χ1) is 6.55. The van der Waals surface area contributed by atoms with Gasteiger partial charge in [-0.3, -0.25) is 0 Å². The van der Waals surface area contributed by atoms with Gasteiger partial charge in [0.05, 0.1) is 13.2 Å². The Morgan fingerprint density at radius 1 is 1.64 bits per heavy atom. The highest BCUT2D eigenvalue weighted by molar-refractivity contribution is 5.75. The topological polar surface area (TPSA) is 41.6 Å². The van der Waals surface area contributed by atoms with E-state index >= 15 is 0 Å². The summed E-state index contributed by atoms with van der Waals surface area (Å²) in [7, 11) is 0. The molecule has 1 unspecified atom stereocenters. The number of morpholine rings is 1. The van der Waals surface area contributed by atoms with Crippen LogP contribution in [0, 0.1) is 0 Å². The van der Waals surface area contributed by atoms with Gasteiger partial charge in [-0.15, -0.1) is 0 Å². The lowest BCUT2D eigenvalue weighted by atomic mass is 10.3. The Morgan fingerprint density at radius 3 is 2.71 bits per heavy atom. The second-order valence-electron chi connectivity index (χ2n) is 3.31. The first kappa shape index (κ1) is 11.0. The molecule has 0 aliphatic carbocycles. The molecule has 1 heterocycles. The minimum absolute atomic E-state index is 0.418. The molecular formula is C9H15FN2O2. The molecule has 0 bridgehead atoms. The molecule has 1 fully saturated rings. The zero-order valence-corrected chi connectivity index (χ0v) is 8.25. The summed E-state index contributed by atoms with van der Waals surface area (Å²) >= 11 is 0. The molecule has 1 atom stereocenters. The molecule has 0 aromatic carbocycles. The normalized spacial score (nSPS) is 21.1. The van der Waals surface area contributed by atoms with Crippen LogP contribution in [0.15, 0.2) is 12.7 Å². The Labute approximate surface area is 82.7 Å². The number of hydrogen-bond acceptors (Lipinski definition) is 2. The number of hydrogen-bond donors (Lipinski definition) is 1. The first-order valence-electron chi connectivity index (χ1n) is 4.52. The number of carbonyl (C=O) groups is 1. The SMILES string of the molecule is C=CC(C)(F)NC(=O)N1CCOCC1. The van der Waals surface area contributed by atoms with Crippen molar-refractivity contribution in [1.82, 2.24) is 10.2 Å². The highest BCUT2D eigenvalue weighted by atomic mass is 19.1. The first-order valence-corrected chi connectivity index (χ1v) is 4.52. The third-order valence-electron chi connectivity index (χ3n) is 2.03. The quantitative estimate of drug-likeness (QED) is 0.534. The van der Waals surface area contributed by atoms with Gasteiger partial charge in [0.25, 0.3) is 0 Å². The number of alkyl halides is 1. The molecule has 1 N–H and O–H groups in total. The molecule has 14 heavy (non-hydrogen) atoms. The van der Waals surface area contributed by atoms with Crippen molar-refractivity contribution in [3.05, 3.63) is 12.7 Å². The van der Waals surface area contributed by atoms with Crippen molar-refractivity contribution in [2.45, 2.75) is 12.7 Å². The lowest BCUT2D eigenvalue weighted by Crippen LogP contribution is -2.51. The fourth-order valence-electron chi connectivity index (χ4n) is 1.11. The van der Waals surface area contributed by atoms with Crippen molar-refractivity contribution in [1.29, 1.82) is 0 Å².